The topological polar surface area (TPSA) is 40.5 Å². The van der Waals surface area contributed by atoms with E-state index in [-0.39, 0.29) is 18.4 Å². The highest BCUT2D eigenvalue weighted by Crippen LogP contribution is 2.19. The van der Waals surface area contributed by atoms with E-state index in [1.165, 1.54) is 5.56 Å². The van der Waals surface area contributed by atoms with E-state index >= 15 is 0 Å². The minimum atomic E-state index is 0.107. The summed E-state index contributed by atoms with van der Waals surface area (Å²) >= 11 is 0. The Morgan fingerprint density at radius 1 is 1.38 bits per heavy atom. The van der Waals surface area contributed by atoms with Gasteiger partial charge < -0.3 is 10.0 Å². The predicted octanol–water partition coefficient (Wildman–Crippen LogP) is 1.34. The van der Waals surface area contributed by atoms with Crippen molar-refractivity contribution < 1.29 is 9.90 Å². The van der Waals surface area contributed by atoms with E-state index in [0.717, 1.165) is 5.56 Å². The molecule has 0 saturated carbocycles. The zero-order chi connectivity index (χ0) is 11.5. The Morgan fingerprint density at radius 2 is 2.06 bits per heavy atom. The summed E-state index contributed by atoms with van der Waals surface area (Å²) in [6.45, 7) is 3.50. The Hall–Kier alpha value is -1.35. The van der Waals surface area contributed by atoms with Crippen molar-refractivity contribution in [1.82, 2.24) is 4.90 Å². The van der Waals surface area contributed by atoms with Crippen LogP contribution in [0.15, 0.2) is 24.3 Å². The molecule has 0 aliphatic carbocycles. The fourth-order valence-electron chi connectivity index (χ4n) is 2.04. The molecule has 1 heterocycles. The molecule has 1 aromatic carbocycles. The second-order valence-corrected chi connectivity index (χ2v) is 4.51. The second kappa shape index (κ2) is 4.66. The monoisotopic (exact) mass is 219 g/mol. The van der Waals surface area contributed by atoms with Crippen LogP contribution in [0.2, 0.25) is 0 Å². The van der Waals surface area contributed by atoms with Gasteiger partial charge in [0.05, 0.1) is 0 Å². The van der Waals surface area contributed by atoms with Gasteiger partial charge in [0.15, 0.2) is 0 Å². The highest BCUT2D eigenvalue weighted by molar-refractivity contribution is 5.78. The van der Waals surface area contributed by atoms with Crippen LogP contribution in [0.3, 0.4) is 0 Å². The molecule has 3 nitrogen and oxygen atoms in total. The lowest BCUT2D eigenvalue weighted by molar-refractivity contribution is -0.128. The standard InChI is InChI=1S/C13H17NO2/c1-10-2-4-11(5-3-10)7-14-8-12(9-15)6-13(14)16/h2-5,12,15H,6-9H2,1H3. The molecule has 1 saturated heterocycles. The third-order valence-electron chi connectivity index (χ3n) is 3.05. The SMILES string of the molecule is Cc1ccc(CN2CC(CO)CC2=O)cc1. The molecule has 1 atom stereocenters. The third kappa shape index (κ3) is 2.42. The minimum absolute atomic E-state index is 0.107. The van der Waals surface area contributed by atoms with Crippen LogP contribution in [-0.4, -0.2) is 29.1 Å². The largest absolute Gasteiger partial charge is 0.396 e. The molecule has 86 valence electrons. The molecule has 1 aliphatic rings. The number of rotatable bonds is 3. The highest BCUT2D eigenvalue weighted by atomic mass is 16.3. The van der Waals surface area contributed by atoms with E-state index in [4.69, 9.17) is 5.11 Å². The number of aliphatic hydroxyl groups excluding tert-OH is 1. The van der Waals surface area contributed by atoms with E-state index in [1.807, 2.05) is 11.8 Å². The van der Waals surface area contributed by atoms with Crippen LogP contribution in [0.25, 0.3) is 0 Å². The van der Waals surface area contributed by atoms with Crippen molar-refractivity contribution >= 4 is 5.91 Å². The molecule has 1 aromatic rings. The molecule has 1 amide bonds. The van der Waals surface area contributed by atoms with Crippen molar-refractivity contribution in [1.29, 1.82) is 0 Å². The number of hydrogen-bond donors (Lipinski definition) is 1. The van der Waals surface area contributed by atoms with Crippen molar-refractivity contribution in [2.75, 3.05) is 13.2 Å². The maximum Gasteiger partial charge on any atom is 0.223 e. The Morgan fingerprint density at radius 3 is 2.62 bits per heavy atom. The molecule has 1 fully saturated rings. The molecule has 2 rings (SSSR count). The lowest BCUT2D eigenvalue weighted by atomic mass is 10.1. The van der Waals surface area contributed by atoms with Gasteiger partial charge in [-0.15, -0.1) is 0 Å². The molecule has 0 bridgehead atoms. The van der Waals surface area contributed by atoms with Crippen molar-refractivity contribution in [2.24, 2.45) is 5.92 Å². The van der Waals surface area contributed by atoms with Gasteiger partial charge in [-0.05, 0) is 12.5 Å². The van der Waals surface area contributed by atoms with Gasteiger partial charge in [-0.25, -0.2) is 0 Å². The number of nitrogens with zero attached hydrogens (tertiary/aromatic N) is 1. The summed E-state index contributed by atoms with van der Waals surface area (Å²) in [7, 11) is 0. The minimum Gasteiger partial charge on any atom is -0.396 e. The molecule has 1 aliphatic heterocycles. The molecule has 3 heteroatoms. The highest BCUT2D eigenvalue weighted by Gasteiger charge is 2.28. The quantitative estimate of drug-likeness (QED) is 0.833. The molecular weight excluding hydrogens is 202 g/mol. The number of hydrogen-bond acceptors (Lipinski definition) is 2. The normalized spacial score (nSPS) is 20.5. The van der Waals surface area contributed by atoms with Gasteiger partial charge in [-0.2, -0.15) is 0 Å². The van der Waals surface area contributed by atoms with E-state index in [2.05, 4.69) is 24.3 Å². The third-order valence-corrected chi connectivity index (χ3v) is 3.05. The molecule has 1 N–H and O–H groups in total. The number of carbonyl (C=O) groups is 1. The van der Waals surface area contributed by atoms with Crippen molar-refractivity contribution in [3.8, 4) is 0 Å². The van der Waals surface area contributed by atoms with Gasteiger partial charge in [0.2, 0.25) is 5.91 Å². The van der Waals surface area contributed by atoms with Crippen LogP contribution < -0.4 is 0 Å². The number of benzene rings is 1. The second-order valence-electron chi connectivity index (χ2n) is 4.51. The first kappa shape index (κ1) is 11.1. The zero-order valence-corrected chi connectivity index (χ0v) is 9.52. The summed E-state index contributed by atoms with van der Waals surface area (Å²) in [5.41, 5.74) is 2.38. The maximum atomic E-state index is 11.6. The van der Waals surface area contributed by atoms with Crippen molar-refractivity contribution in [2.45, 2.75) is 19.9 Å². The molecule has 0 radical (unpaired) electrons. The first-order valence-corrected chi connectivity index (χ1v) is 5.63. The van der Waals surface area contributed by atoms with Gasteiger partial charge in [0.1, 0.15) is 0 Å². The number of amides is 1. The lowest BCUT2D eigenvalue weighted by Gasteiger charge is -2.16. The summed E-state index contributed by atoms with van der Waals surface area (Å²) in [6, 6.07) is 8.21. The zero-order valence-electron chi connectivity index (χ0n) is 9.52. The number of carbonyl (C=O) groups excluding carboxylic acids is 1. The summed E-state index contributed by atoms with van der Waals surface area (Å²) < 4.78 is 0. The summed E-state index contributed by atoms with van der Waals surface area (Å²) in [5.74, 6) is 0.276. The van der Waals surface area contributed by atoms with Gasteiger partial charge >= 0.3 is 0 Å². The van der Waals surface area contributed by atoms with Crippen LogP contribution in [0, 0.1) is 12.8 Å². The summed E-state index contributed by atoms with van der Waals surface area (Å²) in [5, 5.41) is 9.03. The van der Waals surface area contributed by atoms with Gasteiger partial charge in [0, 0.05) is 32.0 Å². The average Bonchev–Trinajstić information content (AvgIpc) is 2.63. The molecule has 0 spiro atoms. The summed E-state index contributed by atoms with van der Waals surface area (Å²) in [4.78, 5) is 13.5. The van der Waals surface area contributed by atoms with Crippen LogP contribution in [-0.2, 0) is 11.3 Å². The van der Waals surface area contributed by atoms with E-state index < -0.39 is 0 Å². The maximum absolute atomic E-state index is 11.6. The Kier molecular flexibility index (Phi) is 3.25. The Labute approximate surface area is 95.7 Å². The van der Waals surface area contributed by atoms with Crippen LogP contribution in [0.4, 0.5) is 0 Å². The Bertz CT molecular complexity index is 372. The van der Waals surface area contributed by atoms with Crippen molar-refractivity contribution in [3.63, 3.8) is 0 Å². The molecular formula is C13H17NO2. The van der Waals surface area contributed by atoms with Gasteiger partial charge in [-0.1, -0.05) is 29.8 Å². The fraction of sp³-hybridized carbons (Fsp3) is 0.462. The molecule has 16 heavy (non-hydrogen) atoms. The first-order chi connectivity index (χ1) is 7.69. The molecule has 1 unspecified atom stereocenters. The van der Waals surface area contributed by atoms with Crippen LogP contribution in [0.5, 0.6) is 0 Å². The Balaban J connectivity index is 2.00. The number of likely N-dealkylation sites (tertiary alicyclic amines) is 1. The average molecular weight is 219 g/mol. The lowest BCUT2D eigenvalue weighted by Crippen LogP contribution is -2.24. The van der Waals surface area contributed by atoms with Crippen LogP contribution in [0.1, 0.15) is 17.5 Å². The van der Waals surface area contributed by atoms with E-state index in [0.29, 0.717) is 19.5 Å². The fourth-order valence-corrected chi connectivity index (χ4v) is 2.04. The van der Waals surface area contributed by atoms with Crippen LogP contribution >= 0.6 is 0 Å². The van der Waals surface area contributed by atoms with E-state index in [1.54, 1.807) is 0 Å². The smallest absolute Gasteiger partial charge is 0.223 e. The predicted molar refractivity (Wildman–Crippen MR) is 61.8 cm³/mol. The summed E-state index contributed by atoms with van der Waals surface area (Å²) in [6.07, 6.45) is 0.488. The van der Waals surface area contributed by atoms with Gasteiger partial charge in [0.25, 0.3) is 0 Å². The van der Waals surface area contributed by atoms with E-state index in [9.17, 15) is 4.79 Å². The number of aliphatic hydroxyl groups is 1. The number of aryl methyl sites for hydroxylation is 1. The van der Waals surface area contributed by atoms with Crippen molar-refractivity contribution in [3.05, 3.63) is 35.4 Å². The first-order valence-electron chi connectivity index (χ1n) is 5.63. The molecule has 0 aromatic heterocycles. The van der Waals surface area contributed by atoms with Gasteiger partial charge in [-0.3, -0.25) is 4.79 Å².